The highest BCUT2D eigenvalue weighted by atomic mass is 127. The number of ether oxygens (including phenoxy) is 2. The summed E-state index contributed by atoms with van der Waals surface area (Å²) < 4.78 is 13.3. The van der Waals surface area contributed by atoms with Crippen LogP contribution in [0.15, 0.2) is 59.5 Å². The molecule has 0 aromatic heterocycles. The van der Waals surface area contributed by atoms with Gasteiger partial charge in [-0.3, -0.25) is 9.69 Å². The third kappa shape index (κ3) is 6.54. The summed E-state index contributed by atoms with van der Waals surface area (Å²) in [6, 6.07) is 16.8. The largest absolute Gasteiger partial charge is 0.490 e. The van der Waals surface area contributed by atoms with E-state index in [1.807, 2.05) is 74.5 Å². The van der Waals surface area contributed by atoms with E-state index in [-0.39, 0.29) is 12.5 Å². The fourth-order valence-electron chi connectivity index (χ4n) is 3.60. The van der Waals surface area contributed by atoms with Gasteiger partial charge in [-0.2, -0.15) is 0 Å². The van der Waals surface area contributed by atoms with Crippen LogP contribution in [0, 0.1) is 3.57 Å². The minimum atomic E-state index is -0.154. The van der Waals surface area contributed by atoms with E-state index in [9.17, 15) is 4.79 Å². The number of hydrogen-bond donors (Lipinski definition) is 0. The van der Waals surface area contributed by atoms with Crippen molar-refractivity contribution in [3.63, 3.8) is 0 Å². The summed E-state index contributed by atoms with van der Waals surface area (Å²) in [5.74, 6) is 1.04. The van der Waals surface area contributed by atoms with Crippen LogP contribution in [0.25, 0.3) is 6.08 Å². The first-order valence-corrected chi connectivity index (χ1v) is 14.3. The summed E-state index contributed by atoms with van der Waals surface area (Å²) in [5.41, 5.74) is 3.41. The Kier molecular flexibility index (Phi) is 9.29. The first kappa shape index (κ1) is 28.0. The van der Waals surface area contributed by atoms with Gasteiger partial charge in [0.15, 0.2) is 15.8 Å². The summed E-state index contributed by atoms with van der Waals surface area (Å²) in [4.78, 5) is 17.4. The minimum absolute atomic E-state index is 0.154. The summed E-state index contributed by atoms with van der Waals surface area (Å²) in [6.07, 6.45) is 1.83. The molecule has 0 aliphatic carbocycles. The molecule has 1 saturated heterocycles. The highest BCUT2D eigenvalue weighted by Gasteiger charge is 2.33. The molecule has 0 atom stereocenters. The van der Waals surface area contributed by atoms with Crippen LogP contribution in [0.5, 0.6) is 11.5 Å². The molecule has 0 bridgehead atoms. The zero-order valence-corrected chi connectivity index (χ0v) is 25.6. The molecule has 0 unspecified atom stereocenters. The zero-order valence-electron chi connectivity index (χ0n) is 20.3. The molecule has 0 spiro atoms. The van der Waals surface area contributed by atoms with Gasteiger partial charge in [-0.15, -0.1) is 0 Å². The Labute approximate surface area is 249 Å². The van der Waals surface area contributed by atoms with Crippen LogP contribution >= 0.6 is 69.8 Å². The Hall–Kier alpha value is -1.98. The van der Waals surface area contributed by atoms with E-state index < -0.39 is 0 Å². The van der Waals surface area contributed by atoms with Gasteiger partial charge >= 0.3 is 0 Å². The van der Waals surface area contributed by atoms with E-state index in [0.717, 1.165) is 26.1 Å². The van der Waals surface area contributed by atoms with E-state index >= 15 is 0 Å². The SMILES string of the molecule is CCOc1cc(/C=C2/SC(=S)N(c3ccc(N(C)C)cc3)C2=O)cc(I)c1OCc1ccc(Cl)cc1Cl. The normalized spacial score (nSPS) is 14.4. The number of nitrogens with zero attached hydrogens (tertiary/aromatic N) is 2. The lowest BCUT2D eigenvalue weighted by atomic mass is 10.1. The second-order valence-corrected chi connectivity index (χ2v) is 11.9. The number of thioether (sulfide) groups is 1. The Morgan fingerprint density at radius 1 is 1.08 bits per heavy atom. The van der Waals surface area contributed by atoms with Crippen LogP contribution < -0.4 is 19.3 Å². The van der Waals surface area contributed by atoms with Crippen molar-refractivity contribution in [2.24, 2.45) is 0 Å². The molecule has 1 fully saturated rings. The van der Waals surface area contributed by atoms with Gasteiger partial charge in [-0.05, 0) is 89.7 Å². The second-order valence-electron chi connectivity index (χ2n) is 8.22. The molecule has 3 aromatic carbocycles. The monoisotopic (exact) mass is 684 g/mol. The second kappa shape index (κ2) is 12.3. The van der Waals surface area contributed by atoms with Crippen molar-refractivity contribution in [2.75, 3.05) is 30.5 Å². The van der Waals surface area contributed by atoms with Crippen molar-refractivity contribution in [1.82, 2.24) is 0 Å². The number of anilines is 2. The number of halogens is 3. The third-order valence-corrected chi connectivity index (χ3v) is 8.12. The summed E-state index contributed by atoms with van der Waals surface area (Å²) in [5, 5.41) is 1.11. The highest BCUT2D eigenvalue weighted by Crippen LogP contribution is 2.39. The smallest absolute Gasteiger partial charge is 0.270 e. The molecule has 1 aliphatic heterocycles. The maximum absolute atomic E-state index is 13.3. The van der Waals surface area contributed by atoms with Crippen molar-refractivity contribution < 1.29 is 14.3 Å². The number of thiocarbonyl (C=S) groups is 1. The van der Waals surface area contributed by atoms with Crippen LogP contribution in [0.3, 0.4) is 0 Å². The van der Waals surface area contributed by atoms with Crippen LogP contribution in [0.2, 0.25) is 10.0 Å². The quantitative estimate of drug-likeness (QED) is 0.136. The van der Waals surface area contributed by atoms with Crippen molar-refractivity contribution in [3.05, 3.63) is 84.2 Å². The van der Waals surface area contributed by atoms with Crippen molar-refractivity contribution >= 4 is 97.5 Å². The van der Waals surface area contributed by atoms with Crippen LogP contribution in [0.4, 0.5) is 11.4 Å². The van der Waals surface area contributed by atoms with Crippen molar-refractivity contribution in [1.29, 1.82) is 0 Å². The molecule has 10 heteroatoms. The minimum Gasteiger partial charge on any atom is -0.490 e. The molecule has 1 heterocycles. The molecule has 5 nitrogen and oxygen atoms in total. The lowest BCUT2D eigenvalue weighted by molar-refractivity contribution is -0.113. The summed E-state index contributed by atoms with van der Waals surface area (Å²) >= 11 is 21.3. The van der Waals surface area contributed by atoms with Gasteiger partial charge < -0.3 is 14.4 Å². The Morgan fingerprint density at radius 2 is 1.81 bits per heavy atom. The molecule has 1 aliphatic rings. The van der Waals surface area contributed by atoms with Crippen molar-refractivity contribution in [3.8, 4) is 11.5 Å². The number of carbonyl (C=O) groups is 1. The summed E-state index contributed by atoms with van der Waals surface area (Å²) in [6.45, 7) is 2.63. The zero-order chi connectivity index (χ0) is 26.7. The fourth-order valence-corrected chi connectivity index (χ4v) is 6.15. The number of amides is 1. The van der Waals surface area contributed by atoms with Crippen molar-refractivity contribution in [2.45, 2.75) is 13.5 Å². The molecule has 37 heavy (non-hydrogen) atoms. The maximum atomic E-state index is 13.3. The molecule has 0 N–H and O–H groups in total. The lowest BCUT2D eigenvalue weighted by Gasteiger charge is -2.17. The maximum Gasteiger partial charge on any atom is 0.270 e. The standard InChI is InChI=1S/C27H23Cl2IN2O3S2/c1-4-34-23-12-16(11-22(30)25(23)35-15-17-5-6-18(28)14-21(17)29)13-24-26(33)32(27(36)37-24)20-9-7-19(8-10-20)31(2)3/h5-14H,4,15H2,1-3H3/b24-13+. The molecule has 0 saturated carbocycles. The average molecular weight is 685 g/mol. The number of hydrogen-bond acceptors (Lipinski definition) is 6. The van der Waals surface area contributed by atoms with Gasteiger partial charge in [0.2, 0.25) is 0 Å². The highest BCUT2D eigenvalue weighted by molar-refractivity contribution is 14.1. The van der Waals surface area contributed by atoms with Crippen LogP contribution in [-0.4, -0.2) is 30.9 Å². The van der Waals surface area contributed by atoms with E-state index in [4.69, 9.17) is 44.9 Å². The molecule has 0 radical (unpaired) electrons. The van der Waals surface area contributed by atoms with Gasteiger partial charge in [0, 0.05) is 35.4 Å². The molecular weight excluding hydrogens is 662 g/mol. The Bertz CT molecular complexity index is 1380. The third-order valence-electron chi connectivity index (χ3n) is 5.43. The average Bonchev–Trinajstić information content (AvgIpc) is 3.12. The Morgan fingerprint density at radius 3 is 2.46 bits per heavy atom. The topological polar surface area (TPSA) is 42.0 Å². The van der Waals surface area contributed by atoms with Crippen LogP contribution in [-0.2, 0) is 11.4 Å². The molecular formula is C27H23Cl2IN2O3S2. The fraction of sp³-hybridized carbons (Fsp3) is 0.185. The van der Waals surface area contributed by atoms with E-state index in [2.05, 4.69) is 22.6 Å². The van der Waals surface area contributed by atoms with Gasteiger partial charge in [-0.25, -0.2) is 0 Å². The number of rotatable bonds is 8. The van der Waals surface area contributed by atoms with Gasteiger partial charge in [-0.1, -0.05) is 53.2 Å². The van der Waals surface area contributed by atoms with E-state index in [1.165, 1.54) is 11.8 Å². The first-order valence-electron chi connectivity index (χ1n) is 11.3. The van der Waals surface area contributed by atoms with Gasteiger partial charge in [0.25, 0.3) is 5.91 Å². The van der Waals surface area contributed by atoms with Crippen LogP contribution in [0.1, 0.15) is 18.1 Å². The Balaban J connectivity index is 1.58. The van der Waals surface area contributed by atoms with E-state index in [1.54, 1.807) is 17.0 Å². The molecule has 3 aromatic rings. The van der Waals surface area contributed by atoms with Gasteiger partial charge in [0.05, 0.1) is 20.8 Å². The number of carbonyl (C=O) groups excluding carboxylic acids is 1. The predicted octanol–water partition coefficient (Wildman–Crippen LogP) is 8.05. The predicted molar refractivity (Wildman–Crippen MR) is 168 cm³/mol. The molecule has 1 amide bonds. The lowest BCUT2D eigenvalue weighted by Crippen LogP contribution is -2.27. The van der Waals surface area contributed by atoms with E-state index in [0.29, 0.717) is 37.4 Å². The molecule has 192 valence electrons. The summed E-state index contributed by atoms with van der Waals surface area (Å²) in [7, 11) is 3.94. The van der Waals surface area contributed by atoms with Gasteiger partial charge in [0.1, 0.15) is 6.61 Å². The number of benzene rings is 3. The first-order chi connectivity index (χ1) is 17.7. The molecule has 4 rings (SSSR count).